The molecule has 0 spiro atoms. The second-order valence-electron chi connectivity index (χ2n) is 3.33. The molecule has 1 N–H and O–H groups in total. The van der Waals surface area contributed by atoms with E-state index >= 15 is 0 Å². The van der Waals surface area contributed by atoms with E-state index in [0.717, 1.165) is 23.5 Å². The molecule has 15 heavy (non-hydrogen) atoms. The molecular formula is C13H18N2. The van der Waals surface area contributed by atoms with Crippen molar-refractivity contribution in [2.45, 2.75) is 13.8 Å². The minimum atomic E-state index is 0.939. The summed E-state index contributed by atoms with van der Waals surface area (Å²) in [7, 11) is 1.82. The van der Waals surface area contributed by atoms with Gasteiger partial charge in [-0.25, -0.2) is 0 Å². The largest absolute Gasteiger partial charge is 0.389 e. The van der Waals surface area contributed by atoms with Crippen LogP contribution < -0.4 is 5.32 Å². The zero-order valence-electron chi connectivity index (χ0n) is 9.62. The Morgan fingerprint density at radius 1 is 1.33 bits per heavy atom. The van der Waals surface area contributed by atoms with E-state index in [1.165, 1.54) is 0 Å². The summed E-state index contributed by atoms with van der Waals surface area (Å²) in [4.78, 5) is 4.28. The SMILES string of the molecule is CCN/C(C)=C\C(=NC)c1ccccc1. The van der Waals surface area contributed by atoms with Gasteiger partial charge in [0, 0.05) is 19.3 Å². The van der Waals surface area contributed by atoms with E-state index in [4.69, 9.17) is 0 Å². The van der Waals surface area contributed by atoms with Crippen LogP contribution in [0.3, 0.4) is 0 Å². The Kier molecular flexibility index (Phi) is 4.61. The molecule has 0 saturated heterocycles. The number of nitrogens with one attached hydrogen (secondary N) is 1. The summed E-state index contributed by atoms with van der Waals surface area (Å²) < 4.78 is 0. The van der Waals surface area contributed by atoms with E-state index in [1.54, 1.807) is 0 Å². The van der Waals surface area contributed by atoms with Crippen LogP contribution in [-0.4, -0.2) is 19.3 Å². The molecule has 0 fully saturated rings. The van der Waals surface area contributed by atoms with E-state index in [9.17, 15) is 0 Å². The fourth-order valence-corrected chi connectivity index (χ4v) is 1.42. The number of aliphatic imine (C=N–C) groups is 1. The molecule has 2 heteroatoms. The molecule has 0 saturated carbocycles. The maximum Gasteiger partial charge on any atom is 0.0660 e. The van der Waals surface area contributed by atoms with Crippen LogP contribution in [0.1, 0.15) is 19.4 Å². The van der Waals surface area contributed by atoms with Crippen LogP contribution in [0.2, 0.25) is 0 Å². The molecule has 0 atom stereocenters. The van der Waals surface area contributed by atoms with Gasteiger partial charge in [-0.05, 0) is 25.5 Å². The lowest BCUT2D eigenvalue weighted by molar-refractivity contribution is 0.856. The van der Waals surface area contributed by atoms with Gasteiger partial charge >= 0.3 is 0 Å². The van der Waals surface area contributed by atoms with Crippen LogP contribution in [0, 0.1) is 0 Å². The van der Waals surface area contributed by atoms with Crippen LogP contribution >= 0.6 is 0 Å². The smallest absolute Gasteiger partial charge is 0.0660 e. The van der Waals surface area contributed by atoms with Crippen molar-refractivity contribution in [3.05, 3.63) is 47.7 Å². The van der Waals surface area contributed by atoms with Crippen molar-refractivity contribution in [1.82, 2.24) is 5.32 Å². The summed E-state index contributed by atoms with van der Waals surface area (Å²) in [6, 6.07) is 10.2. The van der Waals surface area contributed by atoms with Crippen molar-refractivity contribution in [3.8, 4) is 0 Å². The maximum absolute atomic E-state index is 4.28. The highest BCUT2D eigenvalue weighted by molar-refractivity contribution is 6.08. The number of hydrogen-bond donors (Lipinski definition) is 1. The third-order valence-electron chi connectivity index (χ3n) is 2.12. The van der Waals surface area contributed by atoms with Crippen molar-refractivity contribution < 1.29 is 0 Å². The Hall–Kier alpha value is -1.57. The first-order valence-electron chi connectivity index (χ1n) is 5.22. The van der Waals surface area contributed by atoms with E-state index < -0.39 is 0 Å². The fourth-order valence-electron chi connectivity index (χ4n) is 1.42. The van der Waals surface area contributed by atoms with Crippen LogP contribution in [0.15, 0.2) is 47.1 Å². The predicted octanol–water partition coefficient (Wildman–Crippen LogP) is 2.62. The highest BCUT2D eigenvalue weighted by atomic mass is 14.9. The number of hydrogen-bond acceptors (Lipinski definition) is 2. The Bertz CT molecular complexity index is 350. The second-order valence-corrected chi connectivity index (χ2v) is 3.33. The van der Waals surface area contributed by atoms with Gasteiger partial charge in [0.2, 0.25) is 0 Å². The highest BCUT2D eigenvalue weighted by Gasteiger charge is 1.98. The van der Waals surface area contributed by atoms with Gasteiger partial charge in [0.15, 0.2) is 0 Å². The van der Waals surface area contributed by atoms with E-state index in [0.29, 0.717) is 0 Å². The molecule has 0 heterocycles. The summed E-state index contributed by atoms with van der Waals surface area (Å²) in [6.45, 7) is 5.08. The molecule has 0 aliphatic carbocycles. The Labute approximate surface area is 91.7 Å². The lowest BCUT2D eigenvalue weighted by Crippen LogP contribution is -2.11. The molecule has 0 amide bonds. The standard InChI is InChI=1S/C13H18N2/c1-4-15-11(2)10-13(14-3)12-8-6-5-7-9-12/h5-10,15H,4H2,1-3H3/b11-10-,14-13?. The van der Waals surface area contributed by atoms with Gasteiger partial charge in [0.1, 0.15) is 0 Å². The van der Waals surface area contributed by atoms with Crippen LogP contribution in [0.5, 0.6) is 0 Å². The number of benzene rings is 1. The quantitative estimate of drug-likeness (QED) is 0.746. The molecule has 0 radical (unpaired) electrons. The normalized spacial score (nSPS) is 12.7. The third-order valence-corrected chi connectivity index (χ3v) is 2.12. The van der Waals surface area contributed by atoms with Gasteiger partial charge in [-0.15, -0.1) is 0 Å². The average Bonchev–Trinajstić information content (AvgIpc) is 2.27. The molecule has 80 valence electrons. The van der Waals surface area contributed by atoms with Crippen molar-refractivity contribution in [2.24, 2.45) is 4.99 Å². The lowest BCUT2D eigenvalue weighted by Gasteiger charge is -2.05. The van der Waals surface area contributed by atoms with Gasteiger partial charge in [-0.3, -0.25) is 4.99 Å². The monoisotopic (exact) mass is 202 g/mol. The van der Waals surface area contributed by atoms with Gasteiger partial charge in [0.25, 0.3) is 0 Å². The Morgan fingerprint density at radius 3 is 2.53 bits per heavy atom. The third kappa shape index (κ3) is 3.58. The first kappa shape index (κ1) is 11.5. The highest BCUT2D eigenvalue weighted by Crippen LogP contribution is 2.03. The summed E-state index contributed by atoms with van der Waals surface area (Å²) in [6.07, 6.45) is 2.07. The predicted molar refractivity (Wildman–Crippen MR) is 66.3 cm³/mol. The van der Waals surface area contributed by atoms with Gasteiger partial charge < -0.3 is 5.32 Å². The van der Waals surface area contributed by atoms with Crippen molar-refractivity contribution >= 4 is 5.71 Å². The number of nitrogens with zero attached hydrogens (tertiary/aromatic N) is 1. The summed E-state index contributed by atoms with van der Waals surface area (Å²) >= 11 is 0. The fraction of sp³-hybridized carbons (Fsp3) is 0.308. The summed E-state index contributed by atoms with van der Waals surface area (Å²) in [5, 5.41) is 3.26. The zero-order chi connectivity index (χ0) is 11.1. The minimum Gasteiger partial charge on any atom is -0.389 e. The molecular weight excluding hydrogens is 184 g/mol. The van der Waals surface area contributed by atoms with Crippen molar-refractivity contribution in [3.63, 3.8) is 0 Å². The Morgan fingerprint density at radius 2 is 2.00 bits per heavy atom. The summed E-state index contributed by atoms with van der Waals surface area (Å²) in [5.41, 5.74) is 3.30. The van der Waals surface area contributed by atoms with Crippen molar-refractivity contribution in [2.75, 3.05) is 13.6 Å². The molecule has 0 aliphatic heterocycles. The van der Waals surface area contributed by atoms with E-state index in [2.05, 4.69) is 42.4 Å². The lowest BCUT2D eigenvalue weighted by atomic mass is 10.1. The average molecular weight is 202 g/mol. The van der Waals surface area contributed by atoms with Crippen LogP contribution in [-0.2, 0) is 0 Å². The molecule has 1 rings (SSSR count). The van der Waals surface area contributed by atoms with Crippen LogP contribution in [0.4, 0.5) is 0 Å². The van der Waals surface area contributed by atoms with Crippen molar-refractivity contribution in [1.29, 1.82) is 0 Å². The minimum absolute atomic E-state index is 0.939. The van der Waals surface area contributed by atoms with Gasteiger partial charge in [-0.1, -0.05) is 30.3 Å². The number of rotatable bonds is 4. The molecule has 1 aromatic carbocycles. The Balaban J connectivity index is 2.88. The second kappa shape index (κ2) is 6.02. The van der Waals surface area contributed by atoms with Crippen LogP contribution in [0.25, 0.3) is 0 Å². The van der Waals surface area contributed by atoms with E-state index in [-0.39, 0.29) is 0 Å². The topological polar surface area (TPSA) is 24.4 Å². The molecule has 0 aromatic heterocycles. The molecule has 0 unspecified atom stereocenters. The van der Waals surface area contributed by atoms with Gasteiger partial charge in [0.05, 0.1) is 5.71 Å². The first-order chi connectivity index (χ1) is 7.27. The molecule has 2 nitrogen and oxygen atoms in total. The molecule has 0 aliphatic rings. The maximum atomic E-state index is 4.28. The van der Waals surface area contributed by atoms with Gasteiger partial charge in [-0.2, -0.15) is 0 Å². The van der Waals surface area contributed by atoms with E-state index in [1.807, 2.05) is 25.2 Å². The zero-order valence-corrected chi connectivity index (χ0v) is 9.62. The number of allylic oxidation sites excluding steroid dienone is 2. The molecule has 1 aromatic rings. The molecule has 0 bridgehead atoms. The summed E-state index contributed by atoms with van der Waals surface area (Å²) in [5.74, 6) is 0. The first-order valence-corrected chi connectivity index (χ1v) is 5.22.